The number of fused-ring (bicyclic) bond motifs is 1. The summed E-state index contributed by atoms with van der Waals surface area (Å²) in [6.45, 7) is 2.64. The Balaban J connectivity index is 1.50. The maximum absolute atomic E-state index is 11.7. The summed E-state index contributed by atoms with van der Waals surface area (Å²) < 4.78 is 16.4. The van der Waals surface area contributed by atoms with Crippen LogP contribution in [-0.2, 0) is 9.53 Å². The number of carbonyl (C=O) groups is 1. The fourth-order valence-electron chi connectivity index (χ4n) is 3.13. The van der Waals surface area contributed by atoms with Crippen molar-refractivity contribution in [2.45, 2.75) is 25.0 Å². The van der Waals surface area contributed by atoms with Crippen molar-refractivity contribution in [3.05, 3.63) is 24.3 Å². The van der Waals surface area contributed by atoms with Gasteiger partial charge < -0.3 is 24.2 Å². The number of nitrogens with zero attached hydrogens (tertiary/aromatic N) is 1. The number of aliphatic hydroxyl groups excluding tert-OH is 1. The Hall–Kier alpha value is -1.79. The van der Waals surface area contributed by atoms with E-state index >= 15 is 0 Å². The van der Waals surface area contributed by atoms with Gasteiger partial charge in [-0.05, 0) is 18.6 Å². The molecule has 0 radical (unpaired) electrons. The molecule has 1 unspecified atom stereocenters. The van der Waals surface area contributed by atoms with Gasteiger partial charge in [-0.2, -0.15) is 0 Å². The standard InChI is InChI=1S/C17H23NO5/c1-21-17(20)13-10-18(9-7-14(13)19)8-6-12-11-22-15-4-2-3-5-16(15)23-12/h2-5,12-14,19H,6-11H2,1H3/t12?,13-,14+/m1/s1. The molecule has 0 saturated carbocycles. The predicted octanol–water partition coefficient (Wildman–Crippen LogP) is 1.07. The molecule has 1 N–H and O–H groups in total. The highest BCUT2D eigenvalue weighted by Gasteiger charge is 2.34. The molecule has 23 heavy (non-hydrogen) atoms. The van der Waals surface area contributed by atoms with Crippen LogP contribution in [0.15, 0.2) is 24.3 Å². The van der Waals surface area contributed by atoms with Crippen molar-refractivity contribution >= 4 is 5.97 Å². The number of rotatable bonds is 4. The quantitative estimate of drug-likeness (QED) is 0.837. The van der Waals surface area contributed by atoms with Crippen LogP contribution in [0, 0.1) is 5.92 Å². The third-order valence-corrected chi connectivity index (χ3v) is 4.50. The molecule has 2 aliphatic rings. The summed E-state index contributed by atoms with van der Waals surface area (Å²) in [5.74, 6) is 0.771. The van der Waals surface area contributed by atoms with Crippen molar-refractivity contribution in [1.29, 1.82) is 0 Å². The summed E-state index contributed by atoms with van der Waals surface area (Å²) in [5.41, 5.74) is 0. The van der Waals surface area contributed by atoms with E-state index in [0.717, 1.165) is 31.0 Å². The van der Waals surface area contributed by atoms with Crippen molar-refractivity contribution in [2.24, 2.45) is 5.92 Å². The summed E-state index contributed by atoms with van der Waals surface area (Å²) in [6, 6.07) is 7.66. The van der Waals surface area contributed by atoms with E-state index in [9.17, 15) is 9.90 Å². The highest BCUT2D eigenvalue weighted by Crippen LogP contribution is 2.31. The highest BCUT2D eigenvalue weighted by molar-refractivity contribution is 5.73. The second-order valence-corrected chi connectivity index (χ2v) is 6.07. The second kappa shape index (κ2) is 7.19. The molecule has 0 aromatic heterocycles. The van der Waals surface area contributed by atoms with Gasteiger partial charge in [-0.15, -0.1) is 0 Å². The molecular formula is C17H23NO5. The third kappa shape index (κ3) is 3.76. The first-order valence-electron chi connectivity index (χ1n) is 8.04. The molecule has 0 bridgehead atoms. The number of benzene rings is 1. The highest BCUT2D eigenvalue weighted by atomic mass is 16.6. The Morgan fingerprint density at radius 1 is 1.39 bits per heavy atom. The van der Waals surface area contributed by atoms with Crippen molar-refractivity contribution in [3.63, 3.8) is 0 Å². The van der Waals surface area contributed by atoms with E-state index in [1.54, 1.807) is 0 Å². The summed E-state index contributed by atoms with van der Waals surface area (Å²) in [7, 11) is 1.36. The molecule has 3 atom stereocenters. The normalized spacial score (nSPS) is 27.5. The van der Waals surface area contributed by atoms with Crippen LogP contribution in [0.1, 0.15) is 12.8 Å². The molecule has 1 fully saturated rings. The molecule has 1 aromatic carbocycles. The second-order valence-electron chi connectivity index (χ2n) is 6.07. The SMILES string of the molecule is COC(=O)[C@@H]1CN(CCC2COc3ccccc3O2)CC[C@@H]1O. The molecule has 6 heteroatoms. The topological polar surface area (TPSA) is 68.2 Å². The van der Waals surface area contributed by atoms with Crippen LogP contribution in [0.4, 0.5) is 0 Å². The lowest BCUT2D eigenvalue weighted by Gasteiger charge is -2.35. The molecule has 0 spiro atoms. The average Bonchev–Trinajstić information content (AvgIpc) is 2.60. The number of esters is 1. The third-order valence-electron chi connectivity index (χ3n) is 4.50. The number of para-hydroxylation sites is 2. The van der Waals surface area contributed by atoms with E-state index in [0.29, 0.717) is 19.6 Å². The number of hydrogen-bond acceptors (Lipinski definition) is 6. The van der Waals surface area contributed by atoms with Gasteiger partial charge in [-0.1, -0.05) is 12.1 Å². The maximum atomic E-state index is 11.7. The first-order chi connectivity index (χ1) is 11.2. The number of carbonyl (C=O) groups excluding carboxylic acids is 1. The zero-order valence-electron chi connectivity index (χ0n) is 13.3. The fourth-order valence-corrected chi connectivity index (χ4v) is 3.13. The van der Waals surface area contributed by atoms with Gasteiger partial charge in [0.25, 0.3) is 0 Å². The monoisotopic (exact) mass is 321 g/mol. The molecule has 3 rings (SSSR count). The van der Waals surface area contributed by atoms with Crippen LogP contribution in [0.25, 0.3) is 0 Å². The van der Waals surface area contributed by atoms with Crippen LogP contribution < -0.4 is 9.47 Å². The van der Waals surface area contributed by atoms with Gasteiger partial charge in [0.15, 0.2) is 11.5 Å². The Morgan fingerprint density at radius 3 is 2.96 bits per heavy atom. The average molecular weight is 321 g/mol. The van der Waals surface area contributed by atoms with Crippen LogP contribution in [0.5, 0.6) is 11.5 Å². The Bertz CT molecular complexity index is 550. The molecule has 0 amide bonds. The van der Waals surface area contributed by atoms with Gasteiger partial charge in [0.05, 0.1) is 19.1 Å². The maximum Gasteiger partial charge on any atom is 0.312 e. The van der Waals surface area contributed by atoms with Crippen LogP contribution >= 0.6 is 0 Å². The molecule has 1 aromatic rings. The summed E-state index contributed by atoms with van der Waals surface area (Å²) >= 11 is 0. The van der Waals surface area contributed by atoms with Crippen molar-refractivity contribution in [3.8, 4) is 11.5 Å². The van der Waals surface area contributed by atoms with E-state index < -0.39 is 12.0 Å². The Morgan fingerprint density at radius 2 is 2.17 bits per heavy atom. The number of methoxy groups -OCH3 is 1. The molecule has 0 aliphatic carbocycles. The van der Waals surface area contributed by atoms with Crippen LogP contribution in [0.3, 0.4) is 0 Å². The zero-order valence-corrected chi connectivity index (χ0v) is 13.3. The molecule has 2 aliphatic heterocycles. The first-order valence-corrected chi connectivity index (χ1v) is 8.04. The van der Waals surface area contributed by atoms with Gasteiger partial charge in [-0.25, -0.2) is 0 Å². The minimum absolute atomic E-state index is 0.00771. The molecule has 6 nitrogen and oxygen atoms in total. The smallest absolute Gasteiger partial charge is 0.312 e. The molecule has 126 valence electrons. The Kier molecular flexibility index (Phi) is 5.03. The van der Waals surface area contributed by atoms with Gasteiger partial charge in [0, 0.05) is 26.1 Å². The minimum atomic E-state index is -0.611. The van der Waals surface area contributed by atoms with E-state index in [4.69, 9.17) is 14.2 Å². The lowest BCUT2D eigenvalue weighted by molar-refractivity contribution is -0.152. The number of ether oxygens (including phenoxy) is 3. The minimum Gasteiger partial charge on any atom is -0.486 e. The van der Waals surface area contributed by atoms with E-state index in [-0.39, 0.29) is 12.1 Å². The molecule has 2 heterocycles. The van der Waals surface area contributed by atoms with Crippen LogP contribution in [0.2, 0.25) is 0 Å². The largest absolute Gasteiger partial charge is 0.486 e. The lowest BCUT2D eigenvalue weighted by atomic mass is 9.94. The van der Waals surface area contributed by atoms with E-state index in [1.165, 1.54) is 7.11 Å². The fraction of sp³-hybridized carbons (Fsp3) is 0.588. The predicted molar refractivity (Wildman–Crippen MR) is 83.5 cm³/mol. The van der Waals surface area contributed by atoms with Crippen molar-refractivity contribution in [1.82, 2.24) is 4.90 Å². The van der Waals surface area contributed by atoms with E-state index in [2.05, 4.69) is 4.90 Å². The summed E-state index contributed by atoms with van der Waals surface area (Å²) in [4.78, 5) is 13.9. The lowest BCUT2D eigenvalue weighted by Crippen LogP contribution is -2.48. The van der Waals surface area contributed by atoms with Gasteiger partial charge in [0.1, 0.15) is 12.7 Å². The van der Waals surface area contributed by atoms with E-state index in [1.807, 2.05) is 24.3 Å². The number of aliphatic hydroxyl groups is 1. The first kappa shape index (κ1) is 16.1. The number of hydrogen-bond donors (Lipinski definition) is 1. The molecular weight excluding hydrogens is 298 g/mol. The van der Waals surface area contributed by atoms with Gasteiger partial charge >= 0.3 is 5.97 Å². The van der Waals surface area contributed by atoms with Gasteiger partial charge in [0.2, 0.25) is 0 Å². The summed E-state index contributed by atoms with van der Waals surface area (Å²) in [5, 5.41) is 9.94. The summed E-state index contributed by atoms with van der Waals surface area (Å²) in [6.07, 6.45) is 0.802. The van der Waals surface area contributed by atoms with Crippen LogP contribution in [-0.4, -0.2) is 61.5 Å². The number of piperidine rings is 1. The van der Waals surface area contributed by atoms with Crippen molar-refractivity contribution < 1.29 is 24.1 Å². The zero-order chi connectivity index (χ0) is 16.2. The Labute approximate surface area is 135 Å². The number of likely N-dealkylation sites (tertiary alicyclic amines) is 1. The van der Waals surface area contributed by atoms with Crippen molar-refractivity contribution in [2.75, 3.05) is 33.4 Å². The van der Waals surface area contributed by atoms with Gasteiger partial charge in [-0.3, -0.25) is 4.79 Å². The molecule has 1 saturated heterocycles.